The number of hydrogen-bond acceptors (Lipinski definition) is 4. The Bertz CT molecular complexity index is 411. The SMILES string of the molecule is CCCNc1ccc(Cl)c(CN(CCO)C(CC)CC)n1. The summed E-state index contributed by atoms with van der Waals surface area (Å²) in [7, 11) is 0. The summed E-state index contributed by atoms with van der Waals surface area (Å²) < 4.78 is 0. The maximum absolute atomic E-state index is 9.29. The number of pyridine rings is 1. The average molecular weight is 314 g/mol. The molecule has 5 heteroatoms. The van der Waals surface area contributed by atoms with Crippen molar-refractivity contribution >= 4 is 17.4 Å². The Balaban J connectivity index is 2.85. The molecule has 1 rings (SSSR count). The van der Waals surface area contributed by atoms with Crippen molar-refractivity contribution in [1.82, 2.24) is 9.88 Å². The lowest BCUT2D eigenvalue weighted by atomic mass is 10.1. The van der Waals surface area contributed by atoms with Crippen LogP contribution in [0.2, 0.25) is 5.02 Å². The summed E-state index contributed by atoms with van der Waals surface area (Å²) in [5.74, 6) is 0.866. The lowest BCUT2D eigenvalue weighted by molar-refractivity contribution is 0.135. The molecule has 0 aromatic carbocycles. The Morgan fingerprint density at radius 1 is 1.29 bits per heavy atom. The molecule has 0 radical (unpaired) electrons. The van der Waals surface area contributed by atoms with E-state index >= 15 is 0 Å². The molecule has 1 aromatic rings. The smallest absolute Gasteiger partial charge is 0.126 e. The molecule has 120 valence electrons. The van der Waals surface area contributed by atoms with Crippen molar-refractivity contribution in [2.24, 2.45) is 0 Å². The van der Waals surface area contributed by atoms with E-state index in [-0.39, 0.29) is 6.61 Å². The van der Waals surface area contributed by atoms with Crippen LogP contribution in [0.3, 0.4) is 0 Å². The van der Waals surface area contributed by atoms with Gasteiger partial charge in [-0.2, -0.15) is 0 Å². The third kappa shape index (κ3) is 5.81. The lowest BCUT2D eigenvalue weighted by Crippen LogP contribution is -2.36. The Morgan fingerprint density at radius 2 is 2.00 bits per heavy atom. The van der Waals surface area contributed by atoms with E-state index < -0.39 is 0 Å². The molecule has 0 atom stereocenters. The lowest BCUT2D eigenvalue weighted by Gasteiger charge is -2.29. The van der Waals surface area contributed by atoms with Crippen LogP contribution < -0.4 is 5.32 Å². The van der Waals surface area contributed by atoms with E-state index in [9.17, 15) is 5.11 Å². The Morgan fingerprint density at radius 3 is 2.57 bits per heavy atom. The van der Waals surface area contributed by atoms with Crippen LogP contribution in [0.5, 0.6) is 0 Å². The zero-order chi connectivity index (χ0) is 15.7. The topological polar surface area (TPSA) is 48.4 Å². The molecule has 0 spiro atoms. The highest BCUT2D eigenvalue weighted by Crippen LogP contribution is 2.20. The number of anilines is 1. The number of aromatic nitrogens is 1. The van der Waals surface area contributed by atoms with Crippen LogP contribution in [0.4, 0.5) is 5.82 Å². The second-order valence-electron chi connectivity index (χ2n) is 5.22. The molecule has 0 unspecified atom stereocenters. The second-order valence-corrected chi connectivity index (χ2v) is 5.62. The molecule has 0 saturated heterocycles. The number of nitrogens with one attached hydrogen (secondary N) is 1. The molecule has 0 aliphatic heterocycles. The summed E-state index contributed by atoms with van der Waals surface area (Å²) in [5.41, 5.74) is 0.873. The largest absolute Gasteiger partial charge is 0.395 e. The summed E-state index contributed by atoms with van der Waals surface area (Å²) in [4.78, 5) is 6.88. The van der Waals surface area contributed by atoms with Gasteiger partial charge in [0.25, 0.3) is 0 Å². The summed E-state index contributed by atoms with van der Waals surface area (Å²) in [6.45, 7) is 8.85. The van der Waals surface area contributed by atoms with Gasteiger partial charge in [-0.25, -0.2) is 4.98 Å². The number of aliphatic hydroxyl groups excluding tert-OH is 1. The normalized spacial score (nSPS) is 11.4. The fraction of sp³-hybridized carbons (Fsp3) is 0.688. The molecule has 0 aliphatic rings. The summed E-state index contributed by atoms with van der Waals surface area (Å²) in [6, 6.07) is 4.25. The fourth-order valence-electron chi connectivity index (χ4n) is 2.46. The standard InChI is InChI=1S/C16H28ClN3O/c1-4-9-18-16-8-7-14(17)15(19-16)12-20(10-11-21)13(5-2)6-3/h7-8,13,21H,4-6,9-12H2,1-3H3,(H,18,19). The first-order valence-electron chi connectivity index (χ1n) is 7.90. The molecule has 4 nitrogen and oxygen atoms in total. The summed E-state index contributed by atoms with van der Waals surface area (Å²) in [6.07, 6.45) is 3.17. The highest BCUT2D eigenvalue weighted by molar-refractivity contribution is 6.31. The number of hydrogen-bond donors (Lipinski definition) is 2. The van der Waals surface area contributed by atoms with Gasteiger partial charge in [-0.05, 0) is 31.4 Å². The molecule has 0 amide bonds. The van der Waals surface area contributed by atoms with Gasteiger partial charge in [0.15, 0.2) is 0 Å². The molecule has 0 fully saturated rings. The highest BCUT2D eigenvalue weighted by Gasteiger charge is 2.17. The minimum absolute atomic E-state index is 0.155. The quantitative estimate of drug-likeness (QED) is 0.693. The fourth-order valence-corrected chi connectivity index (χ4v) is 2.63. The van der Waals surface area contributed by atoms with Gasteiger partial charge in [0.05, 0.1) is 17.3 Å². The Labute approximate surface area is 133 Å². The van der Waals surface area contributed by atoms with E-state index in [4.69, 9.17) is 11.6 Å². The number of aliphatic hydroxyl groups is 1. The third-order valence-corrected chi connectivity index (χ3v) is 4.02. The molecule has 2 N–H and O–H groups in total. The van der Waals surface area contributed by atoms with Gasteiger partial charge in [0, 0.05) is 25.7 Å². The van der Waals surface area contributed by atoms with Crippen molar-refractivity contribution in [3.63, 3.8) is 0 Å². The Hall–Kier alpha value is -0.840. The van der Waals surface area contributed by atoms with Crippen molar-refractivity contribution in [1.29, 1.82) is 0 Å². The second kappa shape index (κ2) is 9.98. The van der Waals surface area contributed by atoms with Gasteiger partial charge in [-0.15, -0.1) is 0 Å². The molecule has 1 aromatic heterocycles. The van der Waals surface area contributed by atoms with Crippen LogP contribution in [-0.2, 0) is 6.54 Å². The maximum atomic E-state index is 9.29. The van der Waals surface area contributed by atoms with Crippen LogP contribution in [0.1, 0.15) is 45.7 Å². The van der Waals surface area contributed by atoms with Gasteiger partial charge >= 0.3 is 0 Å². The third-order valence-electron chi connectivity index (χ3n) is 3.67. The first-order chi connectivity index (χ1) is 10.2. The van der Waals surface area contributed by atoms with Gasteiger partial charge in [0.1, 0.15) is 5.82 Å². The van der Waals surface area contributed by atoms with Crippen molar-refractivity contribution < 1.29 is 5.11 Å². The number of nitrogens with zero attached hydrogens (tertiary/aromatic N) is 2. The van der Waals surface area contributed by atoms with Crippen molar-refractivity contribution in [2.45, 2.75) is 52.6 Å². The average Bonchev–Trinajstić information content (AvgIpc) is 2.49. The van der Waals surface area contributed by atoms with Gasteiger partial charge in [0.2, 0.25) is 0 Å². The van der Waals surface area contributed by atoms with Gasteiger partial charge in [-0.3, -0.25) is 4.90 Å². The van der Waals surface area contributed by atoms with E-state index in [1.54, 1.807) is 0 Å². The van der Waals surface area contributed by atoms with Gasteiger partial charge < -0.3 is 10.4 Å². The number of rotatable bonds is 10. The van der Waals surface area contributed by atoms with Crippen molar-refractivity contribution in [3.8, 4) is 0 Å². The maximum Gasteiger partial charge on any atom is 0.126 e. The van der Waals surface area contributed by atoms with E-state index in [1.807, 2.05) is 12.1 Å². The monoisotopic (exact) mass is 313 g/mol. The van der Waals surface area contributed by atoms with E-state index in [1.165, 1.54) is 0 Å². The van der Waals surface area contributed by atoms with Crippen LogP contribution >= 0.6 is 11.6 Å². The highest BCUT2D eigenvalue weighted by atomic mass is 35.5. The van der Waals surface area contributed by atoms with E-state index in [0.717, 1.165) is 37.3 Å². The summed E-state index contributed by atoms with van der Waals surface area (Å²) >= 11 is 6.29. The van der Waals surface area contributed by atoms with E-state index in [0.29, 0.717) is 24.2 Å². The van der Waals surface area contributed by atoms with Crippen LogP contribution in [0.25, 0.3) is 0 Å². The van der Waals surface area contributed by atoms with E-state index in [2.05, 4.69) is 36.0 Å². The van der Waals surface area contributed by atoms with Crippen molar-refractivity contribution in [3.05, 3.63) is 22.8 Å². The molecular formula is C16H28ClN3O. The molecule has 1 heterocycles. The summed E-state index contributed by atoms with van der Waals surface area (Å²) in [5, 5.41) is 13.3. The minimum atomic E-state index is 0.155. The molecule has 0 bridgehead atoms. The number of halogens is 1. The minimum Gasteiger partial charge on any atom is -0.395 e. The van der Waals surface area contributed by atoms with Crippen LogP contribution in [-0.4, -0.2) is 40.7 Å². The zero-order valence-electron chi connectivity index (χ0n) is 13.4. The molecule has 0 saturated carbocycles. The van der Waals surface area contributed by atoms with Crippen LogP contribution in [0.15, 0.2) is 12.1 Å². The van der Waals surface area contributed by atoms with Crippen molar-refractivity contribution in [2.75, 3.05) is 25.0 Å². The Kier molecular flexibility index (Phi) is 8.66. The first-order valence-corrected chi connectivity index (χ1v) is 8.28. The molecular weight excluding hydrogens is 286 g/mol. The predicted molar refractivity (Wildman–Crippen MR) is 89.9 cm³/mol. The predicted octanol–water partition coefficient (Wildman–Crippen LogP) is 3.54. The zero-order valence-corrected chi connectivity index (χ0v) is 14.2. The molecule has 0 aliphatic carbocycles. The van der Waals surface area contributed by atoms with Gasteiger partial charge in [-0.1, -0.05) is 32.4 Å². The first kappa shape index (κ1) is 18.2. The van der Waals surface area contributed by atoms with Crippen LogP contribution in [0, 0.1) is 0 Å². The molecule has 21 heavy (non-hydrogen) atoms.